The highest BCUT2D eigenvalue weighted by molar-refractivity contribution is 7.87. The van der Waals surface area contributed by atoms with Crippen molar-refractivity contribution in [1.82, 2.24) is 5.43 Å². The van der Waals surface area contributed by atoms with Gasteiger partial charge >= 0.3 is 16.0 Å². The maximum atomic E-state index is 12.5. The van der Waals surface area contributed by atoms with Crippen LogP contribution in [0.15, 0.2) is 75.3 Å². The van der Waals surface area contributed by atoms with Crippen LogP contribution in [0, 0.1) is 10.1 Å². The molecule has 1 heterocycles. The van der Waals surface area contributed by atoms with Crippen LogP contribution in [-0.4, -0.2) is 32.6 Å². The van der Waals surface area contributed by atoms with Gasteiger partial charge in [-0.1, -0.05) is 6.07 Å². The third-order valence-electron chi connectivity index (χ3n) is 3.83. The predicted octanol–water partition coefficient (Wildman–Crippen LogP) is 2.73. The third kappa shape index (κ3) is 5.25. The van der Waals surface area contributed by atoms with Crippen LogP contribution in [0.2, 0.25) is 0 Å². The summed E-state index contributed by atoms with van der Waals surface area (Å²) in [5.41, 5.74) is 2.35. The Bertz CT molecular complexity index is 1240. The van der Waals surface area contributed by atoms with Crippen molar-refractivity contribution in [2.45, 2.75) is 4.90 Å². The van der Waals surface area contributed by atoms with Crippen molar-refractivity contribution < 1.29 is 31.5 Å². The molecule has 0 bridgehead atoms. The standard InChI is InChI=1S/C19H15N3O8S/c1-28-18-10-13(12-20-21-19(23)17-6-3-9-29-17)7-8-16(18)30-31(26,27)15-5-2-4-14(11-15)22(24)25/h2-12H,1H3,(H,21,23)/b20-12-. The first-order chi connectivity index (χ1) is 14.8. The number of amides is 1. The largest absolute Gasteiger partial charge is 0.493 e. The highest BCUT2D eigenvalue weighted by Crippen LogP contribution is 2.31. The molecule has 0 fully saturated rings. The molecule has 1 amide bonds. The number of benzene rings is 2. The Hall–Kier alpha value is -4.19. The number of nitrogens with one attached hydrogen (secondary N) is 1. The van der Waals surface area contributed by atoms with E-state index in [1.807, 2.05) is 0 Å². The fraction of sp³-hybridized carbons (Fsp3) is 0.0526. The number of ether oxygens (including phenoxy) is 1. The van der Waals surface area contributed by atoms with Gasteiger partial charge in [-0.2, -0.15) is 13.5 Å². The Balaban J connectivity index is 1.76. The van der Waals surface area contributed by atoms with Gasteiger partial charge in [0.2, 0.25) is 0 Å². The molecule has 0 saturated carbocycles. The average Bonchev–Trinajstić information content (AvgIpc) is 3.29. The van der Waals surface area contributed by atoms with E-state index in [9.17, 15) is 23.3 Å². The first-order valence-electron chi connectivity index (χ1n) is 8.54. The summed E-state index contributed by atoms with van der Waals surface area (Å²) in [7, 11) is -3.05. The molecule has 160 valence electrons. The summed E-state index contributed by atoms with van der Waals surface area (Å²) in [4.78, 5) is 21.5. The number of hydrogen-bond acceptors (Lipinski definition) is 9. The number of non-ortho nitro benzene ring substituents is 1. The number of carbonyl (C=O) groups excluding carboxylic acids is 1. The van der Waals surface area contributed by atoms with Crippen LogP contribution in [0.4, 0.5) is 5.69 Å². The second kappa shape index (κ2) is 9.09. The molecule has 0 radical (unpaired) electrons. The number of carbonyl (C=O) groups is 1. The van der Waals surface area contributed by atoms with Crippen LogP contribution >= 0.6 is 0 Å². The molecule has 0 atom stereocenters. The van der Waals surface area contributed by atoms with E-state index >= 15 is 0 Å². The quantitative estimate of drug-likeness (QED) is 0.241. The minimum absolute atomic E-state index is 0.0651. The number of rotatable bonds is 8. The first kappa shape index (κ1) is 21.5. The Morgan fingerprint density at radius 3 is 2.65 bits per heavy atom. The van der Waals surface area contributed by atoms with Crippen molar-refractivity contribution in [2.24, 2.45) is 5.10 Å². The van der Waals surface area contributed by atoms with Gasteiger partial charge in [0.25, 0.3) is 5.69 Å². The molecule has 3 rings (SSSR count). The zero-order valence-corrected chi connectivity index (χ0v) is 16.7. The van der Waals surface area contributed by atoms with Crippen molar-refractivity contribution in [3.63, 3.8) is 0 Å². The SMILES string of the molecule is COc1cc(/C=N\NC(=O)c2ccco2)ccc1OS(=O)(=O)c1cccc([N+](=O)[O-])c1. The van der Waals surface area contributed by atoms with Gasteiger partial charge in [-0.15, -0.1) is 0 Å². The van der Waals surface area contributed by atoms with Crippen LogP contribution in [0.25, 0.3) is 0 Å². The maximum absolute atomic E-state index is 12.5. The van der Waals surface area contributed by atoms with E-state index in [0.717, 1.165) is 6.07 Å². The number of nitrogens with zero attached hydrogens (tertiary/aromatic N) is 2. The molecule has 3 aromatic rings. The molecule has 12 heteroatoms. The topological polar surface area (TPSA) is 150 Å². The van der Waals surface area contributed by atoms with Gasteiger partial charge in [0.1, 0.15) is 4.90 Å². The van der Waals surface area contributed by atoms with Gasteiger partial charge in [0.05, 0.1) is 24.5 Å². The smallest absolute Gasteiger partial charge is 0.339 e. The van der Waals surface area contributed by atoms with Crippen molar-refractivity contribution >= 4 is 27.9 Å². The summed E-state index contributed by atoms with van der Waals surface area (Å²) in [6.07, 6.45) is 2.66. The van der Waals surface area contributed by atoms with Crippen molar-refractivity contribution in [3.05, 3.63) is 82.3 Å². The van der Waals surface area contributed by atoms with Crippen molar-refractivity contribution in [3.8, 4) is 11.5 Å². The fourth-order valence-corrected chi connectivity index (χ4v) is 3.36. The molecular weight excluding hydrogens is 430 g/mol. The van der Waals surface area contributed by atoms with Crippen molar-refractivity contribution in [1.29, 1.82) is 0 Å². The van der Waals surface area contributed by atoms with Gasteiger partial charge < -0.3 is 13.3 Å². The van der Waals surface area contributed by atoms with Gasteiger partial charge in [0.15, 0.2) is 17.3 Å². The van der Waals surface area contributed by atoms with E-state index in [1.165, 1.54) is 62.1 Å². The average molecular weight is 445 g/mol. The van der Waals surface area contributed by atoms with E-state index in [2.05, 4.69) is 10.5 Å². The molecule has 2 aromatic carbocycles. The molecule has 0 aliphatic rings. The summed E-state index contributed by atoms with van der Waals surface area (Å²) in [5, 5.41) is 14.7. The fourth-order valence-electron chi connectivity index (χ4n) is 2.38. The number of furan rings is 1. The van der Waals surface area contributed by atoms with E-state index in [1.54, 1.807) is 6.07 Å². The molecule has 1 aromatic heterocycles. The third-order valence-corrected chi connectivity index (χ3v) is 5.06. The number of methoxy groups -OCH3 is 1. The minimum Gasteiger partial charge on any atom is -0.493 e. The number of nitro benzene ring substituents is 1. The lowest BCUT2D eigenvalue weighted by Gasteiger charge is -2.11. The van der Waals surface area contributed by atoms with E-state index in [-0.39, 0.29) is 27.8 Å². The Morgan fingerprint density at radius 1 is 1.16 bits per heavy atom. The normalized spacial score (nSPS) is 11.3. The molecule has 31 heavy (non-hydrogen) atoms. The van der Waals surface area contributed by atoms with Crippen LogP contribution in [0.5, 0.6) is 11.5 Å². The Labute approximate surface area is 176 Å². The number of nitro groups is 1. The van der Waals surface area contributed by atoms with E-state index < -0.39 is 20.9 Å². The molecule has 11 nitrogen and oxygen atoms in total. The lowest BCUT2D eigenvalue weighted by atomic mass is 10.2. The van der Waals surface area contributed by atoms with Gasteiger partial charge in [-0.05, 0) is 42.0 Å². The molecule has 1 N–H and O–H groups in total. The highest BCUT2D eigenvalue weighted by Gasteiger charge is 2.21. The van der Waals surface area contributed by atoms with Gasteiger partial charge in [-0.3, -0.25) is 14.9 Å². The molecule has 0 saturated heterocycles. The summed E-state index contributed by atoms with van der Waals surface area (Å²) < 4.78 is 40.2. The summed E-state index contributed by atoms with van der Waals surface area (Å²) in [5.74, 6) is -0.526. The van der Waals surface area contributed by atoms with E-state index in [0.29, 0.717) is 5.56 Å². The molecule has 0 aliphatic carbocycles. The molecule has 0 unspecified atom stereocenters. The number of hydrogen-bond donors (Lipinski definition) is 1. The predicted molar refractivity (Wildman–Crippen MR) is 108 cm³/mol. The monoisotopic (exact) mass is 445 g/mol. The maximum Gasteiger partial charge on any atom is 0.339 e. The van der Waals surface area contributed by atoms with Crippen LogP contribution in [-0.2, 0) is 10.1 Å². The lowest BCUT2D eigenvalue weighted by molar-refractivity contribution is -0.385. The highest BCUT2D eigenvalue weighted by atomic mass is 32.2. The summed E-state index contributed by atoms with van der Waals surface area (Å²) >= 11 is 0. The van der Waals surface area contributed by atoms with Crippen LogP contribution in [0.1, 0.15) is 16.1 Å². The van der Waals surface area contributed by atoms with Crippen LogP contribution in [0.3, 0.4) is 0 Å². The van der Waals surface area contributed by atoms with Gasteiger partial charge in [0, 0.05) is 12.1 Å². The second-order valence-corrected chi connectivity index (χ2v) is 7.42. The lowest BCUT2D eigenvalue weighted by Crippen LogP contribution is -2.16. The van der Waals surface area contributed by atoms with E-state index in [4.69, 9.17) is 13.3 Å². The second-order valence-electron chi connectivity index (χ2n) is 5.88. The minimum atomic E-state index is -4.35. The Kier molecular flexibility index (Phi) is 6.31. The zero-order chi connectivity index (χ0) is 22.4. The summed E-state index contributed by atoms with van der Waals surface area (Å²) in [6, 6.07) is 11.7. The first-order valence-corrected chi connectivity index (χ1v) is 9.95. The zero-order valence-electron chi connectivity index (χ0n) is 15.9. The van der Waals surface area contributed by atoms with Crippen molar-refractivity contribution in [2.75, 3.05) is 7.11 Å². The Morgan fingerprint density at radius 2 is 1.97 bits per heavy atom. The molecular formula is C19H15N3O8S. The van der Waals surface area contributed by atoms with Crippen LogP contribution < -0.4 is 14.3 Å². The summed E-state index contributed by atoms with van der Waals surface area (Å²) in [6.45, 7) is 0. The molecule has 0 spiro atoms. The number of hydrazone groups is 1. The van der Waals surface area contributed by atoms with Gasteiger partial charge in [-0.25, -0.2) is 5.43 Å². The molecule has 0 aliphatic heterocycles.